The number of methoxy groups -OCH3 is 1. The number of Topliss-reactive ketones (excluding diaryl/α,β-unsaturated/α-hetero) is 1. The minimum Gasteiger partial charge on any atom is -0.455 e. The van der Waals surface area contributed by atoms with Gasteiger partial charge in [-0.15, -0.1) is 0 Å². The summed E-state index contributed by atoms with van der Waals surface area (Å²) in [5, 5.41) is 15.9. The first-order valence-corrected chi connectivity index (χ1v) is 24.3. The van der Waals surface area contributed by atoms with Gasteiger partial charge >= 0.3 is 12.3 Å². The molecule has 8 rings (SSSR count). The maximum absolute atomic E-state index is 14.1. The Kier molecular flexibility index (Phi) is 14.3. The third kappa shape index (κ3) is 11.5. The van der Waals surface area contributed by atoms with Crippen LogP contribution in [0.1, 0.15) is 54.6 Å². The molecular weight excluding hydrogens is 943 g/mol. The summed E-state index contributed by atoms with van der Waals surface area (Å²) in [6, 6.07) is 15.4. The highest BCUT2D eigenvalue weighted by Crippen LogP contribution is 2.46. The lowest BCUT2D eigenvalue weighted by molar-refractivity contribution is -0.384. The number of alkyl halides is 3. The lowest BCUT2D eigenvalue weighted by atomic mass is 9.72. The molecule has 1 unspecified atom stereocenters. The number of rotatable bonds is 14. The lowest BCUT2D eigenvalue weighted by Crippen LogP contribution is -2.47. The van der Waals surface area contributed by atoms with Gasteiger partial charge in [0.25, 0.3) is 5.69 Å². The maximum atomic E-state index is 14.1. The number of aromatic nitrogens is 2. The molecule has 3 aliphatic rings. The van der Waals surface area contributed by atoms with Gasteiger partial charge in [-0.1, -0.05) is 37.1 Å². The van der Waals surface area contributed by atoms with Gasteiger partial charge in [0.15, 0.2) is 15.6 Å². The van der Waals surface area contributed by atoms with Gasteiger partial charge in [-0.2, -0.15) is 13.2 Å². The molecule has 0 spiro atoms. The first kappa shape index (κ1) is 49.2. The van der Waals surface area contributed by atoms with E-state index in [1.165, 1.54) is 42.5 Å². The molecule has 1 amide bonds. The number of nitro benzene ring substituents is 1. The number of pyridine rings is 1. The lowest BCUT2D eigenvalue weighted by Gasteiger charge is -2.39. The number of allylic oxidation sites excluding steroid dienone is 1. The van der Waals surface area contributed by atoms with Crippen molar-refractivity contribution in [2.45, 2.75) is 50.3 Å². The van der Waals surface area contributed by atoms with Crippen LogP contribution in [-0.4, -0.2) is 123 Å². The van der Waals surface area contributed by atoms with Gasteiger partial charge in [0.1, 0.15) is 28.6 Å². The molecule has 21 heteroatoms. The maximum Gasteiger partial charge on any atom is 0.416 e. The minimum absolute atomic E-state index is 0.0205. The van der Waals surface area contributed by atoms with Gasteiger partial charge < -0.3 is 34.3 Å². The average Bonchev–Trinajstić information content (AvgIpc) is 3.79. The first-order valence-electron chi connectivity index (χ1n) is 22.3. The van der Waals surface area contributed by atoms with Crippen LogP contribution in [0, 0.1) is 15.5 Å². The van der Waals surface area contributed by atoms with Crippen LogP contribution in [0.25, 0.3) is 16.6 Å². The molecule has 0 bridgehead atoms. The Morgan fingerprint density at radius 1 is 1.04 bits per heavy atom. The molecule has 69 heavy (non-hydrogen) atoms. The van der Waals surface area contributed by atoms with Gasteiger partial charge in [0.05, 0.1) is 53.5 Å². The number of sulfone groups is 1. The largest absolute Gasteiger partial charge is 0.455 e. The van der Waals surface area contributed by atoms with Crippen molar-refractivity contribution in [3.8, 4) is 11.5 Å². The molecule has 366 valence electrons. The van der Waals surface area contributed by atoms with Crippen LogP contribution in [0.15, 0.2) is 89.6 Å². The van der Waals surface area contributed by atoms with Gasteiger partial charge in [0.2, 0.25) is 0 Å². The van der Waals surface area contributed by atoms with Crippen molar-refractivity contribution in [1.82, 2.24) is 19.8 Å². The van der Waals surface area contributed by atoms with E-state index < -0.39 is 60.8 Å². The predicted octanol–water partition coefficient (Wildman–Crippen LogP) is 9.26. The van der Waals surface area contributed by atoms with Gasteiger partial charge in [-0.3, -0.25) is 19.8 Å². The van der Waals surface area contributed by atoms with Crippen molar-refractivity contribution >= 4 is 67.0 Å². The van der Waals surface area contributed by atoms with E-state index in [1.54, 1.807) is 30.5 Å². The predicted molar refractivity (Wildman–Crippen MR) is 254 cm³/mol. The highest BCUT2D eigenvalue weighted by Gasteiger charge is 2.34. The number of carbonyl (C=O) groups is 2. The second kappa shape index (κ2) is 20.0. The third-order valence-electron chi connectivity index (χ3n) is 12.8. The van der Waals surface area contributed by atoms with Crippen LogP contribution < -0.4 is 15.0 Å². The van der Waals surface area contributed by atoms with E-state index in [0.717, 1.165) is 47.6 Å². The fourth-order valence-electron chi connectivity index (χ4n) is 8.99. The number of nitrogens with one attached hydrogen (secondary N) is 2. The fraction of sp³-hybridized carbons (Fsp3) is 0.396. The van der Waals surface area contributed by atoms with Crippen molar-refractivity contribution < 1.29 is 50.3 Å². The summed E-state index contributed by atoms with van der Waals surface area (Å²) in [5.74, 6) is -1.45. The number of nitrogens with zero attached hydrogens (tertiary/aromatic N) is 5. The van der Waals surface area contributed by atoms with Crippen LogP contribution in [-0.2, 0) is 25.5 Å². The Hall–Kier alpha value is -6.22. The molecule has 2 aliphatic heterocycles. The highest BCUT2D eigenvalue weighted by molar-refractivity contribution is 7.92. The molecule has 1 aliphatic carbocycles. The molecule has 0 radical (unpaired) electrons. The second-order valence-corrected chi connectivity index (χ2v) is 20.6. The number of ketones is 1. The quantitative estimate of drug-likeness (QED) is 0.0609. The van der Waals surface area contributed by atoms with Gasteiger partial charge in [0, 0.05) is 80.2 Å². The minimum atomic E-state index is -4.51. The monoisotopic (exact) mass is 993 g/mol. The van der Waals surface area contributed by atoms with Crippen molar-refractivity contribution in [3.05, 3.63) is 117 Å². The summed E-state index contributed by atoms with van der Waals surface area (Å²) < 4.78 is 85.0. The van der Waals surface area contributed by atoms with E-state index >= 15 is 0 Å². The summed E-state index contributed by atoms with van der Waals surface area (Å²) in [4.78, 5) is 50.4. The molecule has 5 aromatic rings. The zero-order valence-corrected chi connectivity index (χ0v) is 39.7. The summed E-state index contributed by atoms with van der Waals surface area (Å²) in [5.41, 5.74) is 2.68. The number of fused-ring (bicyclic) bond motifs is 1. The Morgan fingerprint density at radius 3 is 2.55 bits per heavy atom. The van der Waals surface area contributed by atoms with Crippen LogP contribution in [0.3, 0.4) is 0 Å². The number of nitro groups is 1. The standard InChI is InChI=1S/C48H51ClF3N7O9S/c1-47(2)12-10-31(39(24-47)37-7-4-32(21-40(37)49)48(50,51)52)27-56-14-16-57(17-15-56)33-5-8-38(44(22-33)68-34-20-30-11-13-53-45(30)55-25-34)43(60)29-69(64,65)36-6-9-41(42(23-36)59(62)63)54-26-35-28-58(18-19-67-35)46(61)66-3/h4-9,11,13,20-23,25,35,54H,10,12,14-19,24,26-29H2,1-3H3,(H,53,55). The molecule has 3 aromatic carbocycles. The van der Waals surface area contributed by atoms with E-state index in [-0.39, 0.29) is 47.1 Å². The Balaban J connectivity index is 0.993. The number of H-pyrrole nitrogens is 1. The first-order chi connectivity index (χ1) is 32.8. The smallest absolute Gasteiger partial charge is 0.416 e. The normalized spacial score (nSPS) is 18.0. The van der Waals surface area contributed by atoms with Crippen LogP contribution in [0.5, 0.6) is 11.5 Å². The number of halogens is 4. The molecule has 0 saturated carbocycles. The van der Waals surface area contributed by atoms with E-state index in [9.17, 15) is 41.3 Å². The van der Waals surface area contributed by atoms with Crippen LogP contribution in [0.4, 0.5) is 35.0 Å². The number of benzene rings is 3. The number of carbonyl (C=O) groups excluding carboxylic acids is 2. The third-order valence-corrected chi connectivity index (χ3v) is 14.7. The topological polar surface area (TPSA) is 190 Å². The molecule has 2 saturated heterocycles. The van der Waals surface area contributed by atoms with E-state index in [0.29, 0.717) is 68.3 Å². The number of amides is 1. The summed E-state index contributed by atoms with van der Waals surface area (Å²) in [7, 11) is -3.18. The van der Waals surface area contributed by atoms with Crippen LogP contribution in [0.2, 0.25) is 5.02 Å². The number of anilines is 2. The number of hydrogen-bond acceptors (Lipinski definition) is 13. The molecular formula is C48H51ClF3N7O9S. The van der Waals surface area contributed by atoms with Gasteiger partial charge in [-0.05, 0) is 84.3 Å². The number of ether oxygens (including phenoxy) is 3. The van der Waals surface area contributed by atoms with Crippen LogP contribution >= 0.6 is 11.6 Å². The molecule has 2 N–H and O–H groups in total. The van der Waals surface area contributed by atoms with E-state index in [1.807, 2.05) is 0 Å². The molecule has 1 atom stereocenters. The van der Waals surface area contributed by atoms with Crippen molar-refractivity contribution in [2.24, 2.45) is 5.41 Å². The Morgan fingerprint density at radius 2 is 1.83 bits per heavy atom. The molecule has 2 aromatic heterocycles. The number of morpholine rings is 1. The summed E-state index contributed by atoms with van der Waals surface area (Å²) in [6.45, 7) is 8.17. The molecule has 4 heterocycles. The van der Waals surface area contributed by atoms with Crippen molar-refractivity contribution in [3.63, 3.8) is 0 Å². The van der Waals surface area contributed by atoms with Gasteiger partial charge in [-0.25, -0.2) is 18.2 Å². The summed E-state index contributed by atoms with van der Waals surface area (Å²) >= 11 is 6.54. The SMILES string of the molecule is COC(=O)N1CCOC(CNc2ccc(S(=O)(=O)CC(=O)c3ccc(N4CCN(CC5=C(c6ccc(C(F)(F)F)cc6Cl)CC(C)(C)CC5)CC4)cc3Oc3cnc4[nH]ccc4c3)cc2[N+](=O)[O-])C1. The fourth-order valence-corrected chi connectivity index (χ4v) is 10.5. The Bertz CT molecular complexity index is 2920. The average molecular weight is 994 g/mol. The zero-order chi connectivity index (χ0) is 49.3. The number of hydrogen-bond donors (Lipinski definition) is 2. The number of aromatic amines is 1. The number of piperazine rings is 1. The molecule has 16 nitrogen and oxygen atoms in total. The Labute approximate surface area is 401 Å². The van der Waals surface area contributed by atoms with E-state index in [4.69, 9.17) is 25.8 Å². The summed E-state index contributed by atoms with van der Waals surface area (Å²) in [6.07, 6.45) is 0.0203. The van der Waals surface area contributed by atoms with Crippen molar-refractivity contribution in [2.75, 3.05) is 82.0 Å². The molecule has 2 fully saturated rings. The second-order valence-electron chi connectivity index (χ2n) is 18.2. The van der Waals surface area contributed by atoms with E-state index in [2.05, 4.69) is 38.9 Å². The van der Waals surface area contributed by atoms with Crippen molar-refractivity contribution in [1.29, 1.82) is 0 Å². The highest BCUT2D eigenvalue weighted by atomic mass is 35.5. The zero-order valence-electron chi connectivity index (χ0n) is 38.1.